The molecule has 0 aromatic rings. The molecule has 2 atom stereocenters. The van der Waals surface area contributed by atoms with E-state index in [4.69, 9.17) is 5.73 Å². The van der Waals surface area contributed by atoms with E-state index in [1.807, 2.05) is 0 Å². The maximum absolute atomic E-state index is 11.2. The summed E-state index contributed by atoms with van der Waals surface area (Å²) in [5.41, 5.74) is 5.16. The molecule has 0 aliphatic carbocycles. The average Bonchev–Trinajstić information content (AvgIpc) is 2.29. The van der Waals surface area contributed by atoms with E-state index < -0.39 is 0 Å². The van der Waals surface area contributed by atoms with Crippen LogP contribution in [0, 0.1) is 5.92 Å². The van der Waals surface area contributed by atoms with Crippen molar-refractivity contribution in [3.8, 4) is 0 Å². The SMILES string of the molecule is CCCCCCC(C)C(CCC(N)=O)NC(C)=O. The van der Waals surface area contributed by atoms with Crippen LogP contribution in [-0.2, 0) is 9.59 Å². The van der Waals surface area contributed by atoms with Gasteiger partial charge in [0.15, 0.2) is 0 Å². The fourth-order valence-electron chi connectivity index (χ4n) is 2.15. The normalized spacial score (nSPS) is 13.9. The van der Waals surface area contributed by atoms with E-state index in [0.717, 1.165) is 6.42 Å². The lowest BCUT2D eigenvalue weighted by atomic mass is 9.91. The molecule has 0 aliphatic heterocycles. The summed E-state index contributed by atoms with van der Waals surface area (Å²) in [5.74, 6) is 0.0542. The molecule has 0 fully saturated rings. The quantitative estimate of drug-likeness (QED) is 0.589. The summed E-state index contributed by atoms with van der Waals surface area (Å²) in [5, 5.41) is 2.93. The van der Waals surface area contributed by atoms with Crippen LogP contribution >= 0.6 is 0 Å². The van der Waals surface area contributed by atoms with Crippen molar-refractivity contribution in [3.05, 3.63) is 0 Å². The molecule has 18 heavy (non-hydrogen) atoms. The summed E-state index contributed by atoms with van der Waals surface area (Å²) in [4.78, 5) is 22.0. The molecular formula is C14H28N2O2. The van der Waals surface area contributed by atoms with Crippen LogP contribution in [0.5, 0.6) is 0 Å². The van der Waals surface area contributed by atoms with Crippen molar-refractivity contribution in [3.63, 3.8) is 0 Å². The first-order valence-corrected chi connectivity index (χ1v) is 7.02. The maximum atomic E-state index is 11.2. The second kappa shape index (κ2) is 9.92. The molecular weight excluding hydrogens is 228 g/mol. The van der Waals surface area contributed by atoms with Gasteiger partial charge in [0.1, 0.15) is 0 Å². The van der Waals surface area contributed by atoms with Crippen LogP contribution in [0.1, 0.15) is 65.7 Å². The van der Waals surface area contributed by atoms with E-state index in [2.05, 4.69) is 19.2 Å². The summed E-state index contributed by atoms with van der Waals surface area (Å²) in [6, 6.07) is 0.0663. The Morgan fingerprint density at radius 1 is 1.17 bits per heavy atom. The predicted molar refractivity (Wildman–Crippen MR) is 74.0 cm³/mol. The summed E-state index contributed by atoms with van der Waals surface area (Å²) in [6.07, 6.45) is 6.98. The number of hydrogen-bond acceptors (Lipinski definition) is 2. The van der Waals surface area contributed by atoms with Gasteiger partial charge in [-0.3, -0.25) is 9.59 Å². The molecule has 0 saturated carbocycles. The molecule has 0 aromatic carbocycles. The molecule has 0 radical (unpaired) electrons. The van der Waals surface area contributed by atoms with Crippen LogP contribution < -0.4 is 11.1 Å². The van der Waals surface area contributed by atoms with Gasteiger partial charge in [-0.15, -0.1) is 0 Å². The summed E-state index contributed by atoms with van der Waals surface area (Å²) < 4.78 is 0. The molecule has 0 rings (SSSR count). The third kappa shape index (κ3) is 9.02. The lowest BCUT2D eigenvalue weighted by Gasteiger charge is -2.24. The standard InChI is InChI=1S/C14H28N2O2/c1-4-5-6-7-8-11(2)13(16-12(3)17)9-10-14(15)18/h11,13H,4-10H2,1-3H3,(H2,15,18)(H,16,17). The molecule has 2 amide bonds. The van der Waals surface area contributed by atoms with Crippen molar-refractivity contribution in [2.45, 2.75) is 71.8 Å². The molecule has 106 valence electrons. The Labute approximate surface area is 111 Å². The zero-order valence-electron chi connectivity index (χ0n) is 12.0. The first kappa shape index (κ1) is 16.9. The van der Waals surface area contributed by atoms with Crippen LogP contribution in [0.2, 0.25) is 0 Å². The van der Waals surface area contributed by atoms with E-state index in [9.17, 15) is 9.59 Å². The minimum Gasteiger partial charge on any atom is -0.370 e. The first-order chi connectivity index (χ1) is 8.47. The Morgan fingerprint density at radius 2 is 1.83 bits per heavy atom. The fourth-order valence-corrected chi connectivity index (χ4v) is 2.15. The molecule has 0 saturated heterocycles. The van der Waals surface area contributed by atoms with E-state index in [1.54, 1.807) is 0 Å². The highest BCUT2D eigenvalue weighted by Gasteiger charge is 2.18. The minimum atomic E-state index is -0.302. The maximum Gasteiger partial charge on any atom is 0.217 e. The van der Waals surface area contributed by atoms with E-state index in [0.29, 0.717) is 18.8 Å². The van der Waals surface area contributed by atoms with Gasteiger partial charge in [0, 0.05) is 19.4 Å². The van der Waals surface area contributed by atoms with Crippen molar-refractivity contribution < 1.29 is 9.59 Å². The molecule has 0 spiro atoms. The van der Waals surface area contributed by atoms with Gasteiger partial charge < -0.3 is 11.1 Å². The van der Waals surface area contributed by atoms with Gasteiger partial charge in [-0.25, -0.2) is 0 Å². The van der Waals surface area contributed by atoms with Crippen LogP contribution in [-0.4, -0.2) is 17.9 Å². The molecule has 4 heteroatoms. The number of carbonyl (C=O) groups excluding carboxylic acids is 2. The number of amides is 2. The topological polar surface area (TPSA) is 72.2 Å². The van der Waals surface area contributed by atoms with Gasteiger partial charge in [0.25, 0.3) is 0 Å². The van der Waals surface area contributed by atoms with E-state index in [-0.39, 0.29) is 17.9 Å². The zero-order chi connectivity index (χ0) is 14.0. The Balaban J connectivity index is 4.08. The van der Waals surface area contributed by atoms with Crippen molar-refractivity contribution >= 4 is 11.8 Å². The smallest absolute Gasteiger partial charge is 0.217 e. The Morgan fingerprint density at radius 3 is 2.33 bits per heavy atom. The highest BCUT2D eigenvalue weighted by atomic mass is 16.1. The zero-order valence-corrected chi connectivity index (χ0v) is 12.0. The third-order valence-corrected chi connectivity index (χ3v) is 3.29. The number of unbranched alkanes of at least 4 members (excludes halogenated alkanes) is 3. The van der Waals surface area contributed by atoms with Crippen LogP contribution in [0.15, 0.2) is 0 Å². The number of primary amides is 1. The van der Waals surface area contributed by atoms with Crippen LogP contribution in [0.25, 0.3) is 0 Å². The van der Waals surface area contributed by atoms with Crippen molar-refractivity contribution in [1.29, 1.82) is 0 Å². The van der Waals surface area contributed by atoms with Crippen molar-refractivity contribution in [1.82, 2.24) is 5.32 Å². The largest absolute Gasteiger partial charge is 0.370 e. The minimum absolute atomic E-state index is 0.0371. The highest BCUT2D eigenvalue weighted by molar-refractivity contribution is 5.74. The molecule has 0 bridgehead atoms. The first-order valence-electron chi connectivity index (χ1n) is 7.02. The van der Waals surface area contributed by atoms with Gasteiger partial charge >= 0.3 is 0 Å². The highest BCUT2D eigenvalue weighted by Crippen LogP contribution is 2.17. The third-order valence-electron chi connectivity index (χ3n) is 3.29. The van der Waals surface area contributed by atoms with Crippen molar-refractivity contribution in [2.75, 3.05) is 0 Å². The second-order valence-corrected chi connectivity index (χ2v) is 5.14. The average molecular weight is 256 g/mol. The van der Waals surface area contributed by atoms with Gasteiger partial charge in [-0.2, -0.15) is 0 Å². The molecule has 2 unspecified atom stereocenters. The molecule has 3 N–H and O–H groups in total. The Hall–Kier alpha value is -1.06. The molecule has 0 aliphatic rings. The van der Waals surface area contributed by atoms with Crippen molar-refractivity contribution in [2.24, 2.45) is 11.7 Å². The van der Waals surface area contributed by atoms with Crippen LogP contribution in [0.3, 0.4) is 0 Å². The predicted octanol–water partition coefficient (Wildman–Crippen LogP) is 2.36. The lowest BCUT2D eigenvalue weighted by molar-refractivity contribution is -0.121. The second-order valence-electron chi connectivity index (χ2n) is 5.14. The fraction of sp³-hybridized carbons (Fsp3) is 0.857. The Bertz CT molecular complexity index is 254. The molecule has 0 heterocycles. The van der Waals surface area contributed by atoms with Gasteiger partial charge in [0.2, 0.25) is 11.8 Å². The van der Waals surface area contributed by atoms with Gasteiger partial charge in [0.05, 0.1) is 0 Å². The van der Waals surface area contributed by atoms with E-state index >= 15 is 0 Å². The van der Waals surface area contributed by atoms with E-state index in [1.165, 1.54) is 32.6 Å². The van der Waals surface area contributed by atoms with Gasteiger partial charge in [-0.1, -0.05) is 39.5 Å². The summed E-state index contributed by atoms with van der Waals surface area (Å²) in [7, 11) is 0. The monoisotopic (exact) mass is 256 g/mol. The lowest BCUT2D eigenvalue weighted by Crippen LogP contribution is -2.38. The Kier molecular flexibility index (Phi) is 9.33. The summed E-state index contributed by atoms with van der Waals surface area (Å²) in [6.45, 7) is 5.84. The number of carbonyl (C=O) groups is 2. The van der Waals surface area contributed by atoms with Crippen LogP contribution in [0.4, 0.5) is 0 Å². The number of nitrogens with one attached hydrogen (secondary N) is 1. The van der Waals surface area contributed by atoms with Gasteiger partial charge in [-0.05, 0) is 18.8 Å². The number of rotatable bonds is 10. The molecule has 0 aromatic heterocycles. The number of hydrogen-bond donors (Lipinski definition) is 2. The molecule has 4 nitrogen and oxygen atoms in total. The summed E-state index contributed by atoms with van der Waals surface area (Å²) >= 11 is 0. The number of nitrogens with two attached hydrogens (primary N) is 1.